The first-order valence-electron chi connectivity index (χ1n) is 7.24. The van der Waals surface area contributed by atoms with Crippen LogP contribution in [0.1, 0.15) is 23.9 Å². The highest BCUT2D eigenvalue weighted by Gasteiger charge is 2.40. The normalized spacial score (nSPS) is 16.8. The molecule has 21 heavy (non-hydrogen) atoms. The first kappa shape index (κ1) is 15.3. The van der Waals surface area contributed by atoms with E-state index in [0.717, 1.165) is 40.7 Å². The van der Waals surface area contributed by atoms with Crippen LogP contribution in [-0.2, 0) is 18.4 Å². The lowest BCUT2D eigenvalue weighted by Crippen LogP contribution is -2.58. The van der Waals surface area contributed by atoms with Gasteiger partial charge in [-0.05, 0) is 47.5 Å². The molecule has 0 amide bonds. The van der Waals surface area contributed by atoms with Gasteiger partial charge in [0.15, 0.2) is 0 Å². The van der Waals surface area contributed by atoms with Crippen LogP contribution in [-0.4, -0.2) is 22.9 Å². The molecular formula is C16H19Br2N3. The Labute approximate surface area is 142 Å². The van der Waals surface area contributed by atoms with Crippen molar-refractivity contribution in [1.29, 1.82) is 0 Å². The Morgan fingerprint density at radius 1 is 1.24 bits per heavy atom. The van der Waals surface area contributed by atoms with Crippen molar-refractivity contribution in [1.82, 2.24) is 15.1 Å². The summed E-state index contributed by atoms with van der Waals surface area (Å²) >= 11 is 7.24. The van der Waals surface area contributed by atoms with Crippen molar-refractivity contribution in [2.24, 2.45) is 0 Å². The minimum atomic E-state index is 0.183. The summed E-state index contributed by atoms with van der Waals surface area (Å²) in [6.45, 7) is 7.16. The lowest BCUT2D eigenvalue weighted by atomic mass is 9.72. The van der Waals surface area contributed by atoms with E-state index in [4.69, 9.17) is 0 Å². The maximum absolute atomic E-state index is 4.62. The summed E-state index contributed by atoms with van der Waals surface area (Å²) < 4.78 is 4.41. The average molecular weight is 413 g/mol. The SMILES string of the molecule is CCn1nc(C)c(Br)c1CC1(c2ccc(Br)cc2)CNC1. The van der Waals surface area contributed by atoms with E-state index in [0.29, 0.717) is 0 Å². The van der Waals surface area contributed by atoms with Gasteiger partial charge in [0.05, 0.1) is 15.9 Å². The lowest BCUT2D eigenvalue weighted by Gasteiger charge is -2.43. The van der Waals surface area contributed by atoms with Crippen LogP contribution in [0.5, 0.6) is 0 Å². The summed E-state index contributed by atoms with van der Waals surface area (Å²) in [5.41, 5.74) is 3.96. The van der Waals surface area contributed by atoms with Crippen molar-refractivity contribution in [2.75, 3.05) is 13.1 Å². The third-order valence-electron chi connectivity index (χ3n) is 4.34. The second kappa shape index (κ2) is 5.86. The number of nitrogens with one attached hydrogen (secondary N) is 1. The number of rotatable bonds is 4. The molecule has 3 rings (SSSR count). The van der Waals surface area contributed by atoms with E-state index in [1.807, 2.05) is 0 Å². The quantitative estimate of drug-likeness (QED) is 0.827. The third-order valence-corrected chi connectivity index (χ3v) is 5.90. The molecule has 2 heterocycles. The Kier molecular flexibility index (Phi) is 4.26. The maximum Gasteiger partial charge on any atom is 0.0738 e. The number of hydrogen-bond acceptors (Lipinski definition) is 2. The van der Waals surface area contributed by atoms with E-state index < -0.39 is 0 Å². The van der Waals surface area contributed by atoms with Gasteiger partial charge in [0, 0.05) is 35.9 Å². The van der Waals surface area contributed by atoms with Gasteiger partial charge in [-0.2, -0.15) is 5.10 Å². The lowest BCUT2D eigenvalue weighted by molar-refractivity contribution is 0.268. The topological polar surface area (TPSA) is 29.9 Å². The van der Waals surface area contributed by atoms with Crippen LogP contribution in [0.15, 0.2) is 33.2 Å². The van der Waals surface area contributed by atoms with Crippen LogP contribution in [0, 0.1) is 6.92 Å². The van der Waals surface area contributed by atoms with Gasteiger partial charge in [-0.3, -0.25) is 4.68 Å². The minimum Gasteiger partial charge on any atom is -0.315 e. The van der Waals surface area contributed by atoms with Gasteiger partial charge in [0.25, 0.3) is 0 Å². The van der Waals surface area contributed by atoms with Gasteiger partial charge in [0.1, 0.15) is 0 Å². The van der Waals surface area contributed by atoms with Crippen molar-refractivity contribution >= 4 is 31.9 Å². The average Bonchev–Trinajstić information content (AvgIpc) is 2.71. The molecular weight excluding hydrogens is 394 g/mol. The minimum absolute atomic E-state index is 0.183. The molecule has 0 spiro atoms. The molecule has 0 saturated carbocycles. The van der Waals surface area contributed by atoms with E-state index in [1.54, 1.807) is 0 Å². The summed E-state index contributed by atoms with van der Waals surface area (Å²) in [7, 11) is 0. The number of halogens is 2. The molecule has 3 nitrogen and oxygen atoms in total. The zero-order valence-electron chi connectivity index (χ0n) is 12.3. The van der Waals surface area contributed by atoms with Gasteiger partial charge < -0.3 is 5.32 Å². The molecule has 5 heteroatoms. The van der Waals surface area contributed by atoms with Crippen molar-refractivity contribution in [3.8, 4) is 0 Å². The molecule has 0 aliphatic carbocycles. The van der Waals surface area contributed by atoms with Crippen molar-refractivity contribution in [2.45, 2.75) is 32.2 Å². The van der Waals surface area contributed by atoms with Crippen molar-refractivity contribution in [3.63, 3.8) is 0 Å². The molecule has 112 valence electrons. The zero-order valence-corrected chi connectivity index (χ0v) is 15.5. The molecule has 1 fully saturated rings. The predicted octanol–water partition coefficient (Wildman–Crippen LogP) is 3.82. The Balaban J connectivity index is 1.96. The molecule has 1 aliphatic rings. The van der Waals surface area contributed by atoms with E-state index >= 15 is 0 Å². The fourth-order valence-electron chi connectivity index (χ4n) is 3.02. The van der Waals surface area contributed by atoms with Gasteiger partial charge in [-0.15, -0.1) is 0 Å². The van der Waals surface area contributed by atoms with Crippen LogP contribution in [0.2, 0.25) is 0 Å². The summed E-state index contributed by atoms with van der Waals surface area (Å²) in [6.07, 6.45) is 1.01. The Morgan fingerprint density at radius 3 is 2.43 bits per heavy atom. The molecule has 0 radical (unpaired) electrons. The third kappa shape index (κ3) is 2.71. The molecule has 2 aromatic rings. The molecule has 1 aromatic carbocycles. The zero-order chi connectivity index (χ0) is 15.0. The Morgan fingerprint density at radius 2 is 1.90 bits per heavy atom. The highest BCUT2D eigenvalue weighted by molar-refractivity contribution is 9.10. The molecule has 1 N–H and O–H groups in total. The van der Waals surface area contributed by atoms with Crippen molar-refractivity contribution < 1.29 is 0 Å². The summed E-state index contributed by atoms with van der Waals surface area (Å²) in [5, 5.41) is 8.06. The van der Waals surface area contributed by atoms with Gasteiger partial charge in [-0.1, -0.05) is 28.1 Å². The molecule has 1 saturated heterocycles. The second-order valence-corrected chi connectivity index (χ2v) is 7.44. The second-order valence-electron chi connectivity index (χ2n) is 5.73. The van der Waals surface area contributed by atoms with Crippen LogP contribution in [0.25, 0.3) is 0 Å². The van der Waals surface area contributed by atoms with E-state index in [-0.39, 0.29) is 5.41 Å². The Hall–Kier alpha value is -0.650. The number of benzene rings is 1. The predicted molar refractivity (Wildman–Crippen MR) is 92.7 cm³/mol. The van der Waals surface area contributed by atoms with Crippen LogP contribution >= 0.6 is 31.9 Å². The largest absolute Gasteiger partial charge is 0.315 e. The molecule has 0 bridgehead atoms. The maximum atomic E-state index is 4.62. The summed E-state index contributed by atoms with van der Waals surface area (Å²) in [4.78, 5) is 0. The standard InChI is InChI=1S/C16H19Br2N3/c1-3-21-14(15(18)11(2)20-21)8-16(9-19-10-16)12-4-6-13(17)7-5-12/h4-7,19H,3,8-10H2,1-2H3. The molecule has 0 unspecified atom stereocenters. The van der Waals surface area contributed by atoms with Gasteiger partial charge >= 0.3 is 0 Å². The van der Waals surface area contributed by atoms with E-state index in [9.17, 15) is 0 Å². The monoisotopic (exact) mass is 411 g/mol. The smallest absolute Gasteiger partial charge is 0.0738 e. The Bertz CT molecular complexity index is 642. The summed E-state index contributed by atoms with van der Waals surface area (Å²) in [6, 6.07) is 8.73. The van der Waals surface area contributed by atoms with Gasteiger partial charge in [0.2, 0.25) is 0 Å². The fourth-order valence-corrected chi connectivity index (χ4v) is 3.71. The summed E-state index contributed by atoms with van der Waals surface area (Å²) in [5.74, 6) is 0. The molecule has 1 aliphatic heterocycles. The van der Waals surface area contributed by atoms with Crippen LogP contribution in [0.4, 0.5) is 0 Å². The first-order valence-corrected chi connectivity index (χ1v) is 8.83. The highest BCUT2D eigenvalue weighted by Crippen LogP contribution is 2.36. The first-order chi connectivity index (χ1) is 10.1. The number of aromatic nitrogens is 2. The highest BCUT2D eigenvalue weighted by atomic mass is 79.9. The molecule has 0 atom stereocenters. The fraction of sp³-hybridized carbons (Fsp3) is 0.438. The number of nitrogens with zero attached hydrogens (tertiary/aromatic N) is 2. The van der Waals surface area contributed by atoms with Crippen LogP contribution in [0.3, 0.4) is 0 Å². The van der Waals surface area contributed by atoms with Crippen LogP contribution < -0.4 is 5.32 Å². The van der Waals surface area contributed by atoms with E-state index in [2.05, 4.69) is 85.1 Å². The van der Waals surface area contributed by atoms with Gasteiger partial charge in [-0.25, -0.2) is 0 Å². The van der Waals surface area contributed by atoms with E-state index in [1.165, 1.54) is 11.3 Å². The number of hydrogen-bond donors (Lipinski definition) is 1. The number of aryl methyl sites for hydroxylation is 2. The van der Waals surface area contributed by atoms with Crippen molar-refractivity contribution in [3.05, 3.63) is 50.2 Å². The molecule has 1 aromatic heterocycles.